The zero-order valence-corrected chi connectivity index (χ0v) is 13.6. The lowest BCUT2D eigenvalue weighted by Gasteiger charge is -2.32. The predicted molar refractivity (Wildman–Crippen MR) is 86.7 cm³/mol. The van der Waals surface area contributed by atoms with Crippen LogP contribution in [0.25, 0.3) is 11.3 Å². The summed E-state index contributed by atoms with van der Waals surface area (Å²) < 4.78 is 0. The normalized spacial score (nSPS) is 21.9. The lowest BCUT2D eigenvalue weighted by Crippen LogP contribution is -2.47. The molecule has 1 amide bonds. The average Bonchev–Trinajstić information content (AvgIpc) is 2.95. The van der Waals surface area contributed by atoms with Gasteiger partial charge in [0.1, 0.15) is 17.0 Å². The molecule has 0 saturated heterocycles. The van der Waals surface area contributed by atoms with Crippen molar-refractivity contribution in [2.45, 2.75) is 18.9 Å². The van der Waals surface area contributed by atoms with Crippen LogP contribution in [0.2, 0.25) is 5.15 Å². The third kappa shape index (κ3) is 2.57. The molecule has 2 aromatic heterocycles. The summed E-state index contributed by atoms with van der Waals surface area (Å²) in [6, 6.07) is 3.67. The van der Waals surface area contributed by atoms with E-state index in [0.717, 1.165) is 16.1 Å². The molecule has 0 unspecified atom stereocenters. The number of nitrogens with two attached hydrogens (primary N) is 1. The van der Waals surface area contributed by atoms with E-state index in [9.17, 15) is 4.79 Å². The molecule has 8 heteroatoms. The smallest absolute Gasteiger partial charge is 0.231 e. The van der Waals surface area contributed by atoms with Crippen molar-refractivity contribution in [2.24, 2.45) is 10.7 Å². The van der Waals surface area contributed by atoms with Gasteiger partial charge in [0.15, 0.2) is 5.96 Å². The van der Waals surface area contributed by atoms with Gasteiger partial charge in [-0.2, -0.15) is 0 Å². The highest BCUT2D eigenvalue weighted by molar-refractivity contribution is 7.10. The lowest BCUT2D eigenvalue weighted by molar-refractivity contribution is -0.128. The van der Waals surface area contributed by atoms with Crippen LogP contribution < -0.4 is 5.73 Å². The van der Waals surface area contributed by atoms with E-state index in [-0.39, 0.29) is 18.3 Å². The maximum Gasteiger partial charge on any atom is 0.231 e. The molecule has 0 aliphatic carbocycles. The molecule has 6 nitrogen and oxygen atoms in total. The molecule has 0 spiro atoms. The topological polar surface area (TPSA) is 84.5 Å². The first-order valence-electron chi connectivity index (χ1n) is 6.58. The monoisotopic (exact) mass is 335 g/mol. The minimum absolute atomic E-state index is 0.0463. The molecule has 0 fully saturated rings. The zero-order valence-electron chi connectivity index (χ0n) is 12.1. The molecule has 0 aromatic carbocycles. The van der Waals surface area contributed by atoms with Crippen LogP contribution in [0.1, 0.15) is 18.2 Å². The minimum atomic E-state index is -0.645. The Balaban J connectivity index is 1.99. The zero-order chi connectivity index (χ0) is 15.9. The van der Waals surface area contributed by atoms with Crippen LogP contribution in [-0.2, 0) is 10.3 Å². The molecule has 2 N–H and O–H groups in total. The van der Waals surface area contributed by atoms with E-state index in [2.05, 4.69) is 15.0 Å². The molecule has 0 saturated carbocycles. The molecular formula is C14H14ClN5OS. The summed E-state index contributed by atoms with van der Waals surface area (Å²) in [4.78, 5) is 27.0. The highest BCUT2D eigenvalue weighted by Crippen LogP contribution is 2.38. The summed E-state index contributed by atoms with van der Waals surface area (Å²) in [5.74, 6) is 0.189. The van der Waals surface area contributed by atoms with Gasteiger partial charge in [0.05, 0.1) is 12.1 Å². The summed E-state index contributed by atoms with van der Waals surface area (Å²) in [7, 11) is 1.63. The number of thiophene rings is 1. The average molecular weight is 336 g/mol. The van der Waals surface area contributed by atoms with Crippen molar-refractivity contribution in [3.05, 3.63) is 33.9 Å². The van der Waals surface area contributed by atoms with E-state index in [1.54, 1.807) is 13.1 Å². The summed E-state index contributed by atoms with van der Waals surface area (Å²) >= 11 is 7.42. The maximum atomic E-state index is 12.0. The van der Waals surface area contributed by atoms with Crippen LogP contribution in [0.3, 0.4) is 0 Å². The van der Waals surface area contributed by atoms with Crippen molar-refractivity contribution in [3.8, 4) is 11.3 Å². The fraction of sp³-hybridized carbons (Fsp3) is 0.286. The van der Waals surface area contributed by atoms with E-state index < -0.39 is 5.54 Å². The minimum Gasteiger partial charge on any atom is -0.369 e. The van der Waals surface area contributed by atoms with Gasteiger partial charge in [0.25, 0.3) is 0 Å². The highest BCUT2D eigenvalue weighted by atomic mass is 35.5. The summed E-state index contributed by atoms with van der Waals surface area (Å²) in [5, 5.41) is 2.36. The van der Waals surface area contributed by atoms with Gasteiger partial charge in [-0.05, 0) is 13.0 Å². The second-order valence-electron chi connectivity index (χ2n) is 5.30. The van der Waals surface area contributed by atoms with Crippen molar-refractivity contribution < 1.29 is 4.79 Å². The van der Waals surface area contributed by atoms with E-state index in [1.807, 2.05) is 18.4 Å². The van der Waals surface area contributed by atoms with Gasteiger partial charge in [-0.3, -0.25) is 9.69 Å². The Labute approximate surface area is 136 Å². The van der Waals surface area contributed by atoms with E-state index >= 15 is 0 Å². The molecule has 3 rings (SSSR count). The number of rotatable bonds is 2. The van der Waals surface area contributed by atoms with Crippen molar-refractivity contribution in [2.75, 3.05) is 7.05 Å². The second-order valence-corrected chi connectivity index (χ2v) is 6.60. The van der Waals surface area contributed by atoms with Crippen LogP contribution in [0.5, 0.6) is 0 Å². The number of carbonyl (C=O) groups excluding carboxylic acids is 1. The molecule has 22 heavy (non-hydrogen) atoms. The van der Waals surface area contributed by atoms with Gasteiger partial charge >= 0.3 is 0 Å². The van der Waals surface area contributed by atoms with Crippen LogP contribution in [0, 0.1) is 0 Å². The summed E-state index contributed by atoms with van der Waals surface area (Å²) in [5.41, 5.74) is 6.86. The number of carbonyl (C=O) groups is 1. The summed E-state index contributed by atoms with van der Waals surface area (Å²) in [6.45, 7) is 1.91. The Morgan fingerprint density at radius 3 is 2.86 bits per heavy atom. The number of hydrogen-bond donors (Lipinski definition) is 1. The van der Waals surface area contributed by atoms with Gasteiger partial charge < -0.3 is 5.73 Å². The predicted octanol–water partition coefficient (Wildman–Crippen LogP) is 2.25. The Kier molecular flexibility index (Phi) is 3.62. The van der Waals surface area contributed by atoms with Crippen LogP contribution in [0.4, 0.5) is 0 Å². The number of amides is 1. The molecule has 114 valence electrons. The third-order valence-electron chi connectivity index (χ3n) is 3.63. The lowest BCUT2D eigenvalue weighted by atomic mass is 9.93. The number of nitrogens with zero attached hydrogens (tertiary/aromatic N) is 4. The first-order chi connectivity index (χ1) is 10.4. The highest BCUT2D eigenvalue weighted by Gasteiger charge is 2.37. The van der Waals surface area contributed by atoms with Gasteiger partial charge in [-0.25, -0.2) is 15.0 Å². The van der Waals surface area contributed by atoms with Crippen molar-refractivity contribution in [1.29, 1.82) is 0 Å². The molecule has 2 aromatic rings. The van der Waals surface area contributed by atoms with Crippen LogP contribution in [-0.4, -0.2) is 33.8 Å². The summed E-state index contributed by atoms with van der Waals surface area (Å²) in [6.07, 6.45) is 1.71. The van der Waals surface area contributed by atoms with Gasteiger partial charge in [0.2, 0.25) is 5.91 Å². The molecule has 1 aliphatic rings. The van der Waals surface area contributed by atoms with Crippen molar-refractivity contribution in [1.82, 2.24) is 14.9 Å². The molecule has 3 heterocycles. The first-order valence-corrected chi connectivity index (χ1v) is 7.83. The first kappa shape index (κ1) is 14.9. The fourth-order valence-corrected chi connectivity index (χ4v) is 3.45. The largest absolute Gasteiger partial charge is 0.369 e. The Morgan fingerprint density at radius 2 is 2.18 bits per heavy atom. The molecule has 0 bridgehead atoms. The van der Waals surface area contributed by atoms with Gasteiger partial charge in [0, 0.05) is 28.9 Å². The third-order valence-corrected chi connectivity index (χ3v) is 5.02. The fourth-order valence-electron chi connectivity index (χ4n) is 2.29. The Bertz CT molecular complexity index is 774. The molecule has 0 radical (unpaired) electrons. The Morgan fingerprint density at radius 1 is 1.41 bits per heavy atom. The van der Waals surface area contributed by atoms with E-state index in [1.165, 1.54) is 22.6 Å². The van der Waals surface area contributed by atoms with E-state index in [0.29, 0.717) is 5.15 Å². The molecule has 1 atom stereocenters. The number of aliphatic imine (C=N–C) groups is 1. The quantitative estimate of drug-likeness (QED) is 0.853. The van der Waals surface area contributed by atoms with Crippen molar-refractivity contribution in [3.63, 3.8) is 0 Å². The molecular weight excluding hydrogens is 322 g/mol. The number of hydrogen-bond acceptors (Lipinski definition) is 6. The maximum absolute atomic E-state index is 12.0. The SMILES string of the molecule is CN1C(=O)C[C@@](C)(c2cc(-c3cc(Cl)ncn3)cs2)N=C1N. The molecule has 1 aliphatic heterocycles. The van der Waals surface area contributed by atoms with E-state index in [4.69, 9.17) is 17.3 Å². The Hall–Kier alpha value is -1.99. The standard InChI is InChI=1S/C14H14ClN5OS/c1-14(5-12(21)20(2)13(16)19-14)10-3-8(6-22-10)9-4-11(15)18-7-17-9/h3-4,6-7H,5H2,1-2H3,(H2,16,19)/t14-/m0/s1. The number of aromatic nitrogens is 2. The van der Waals surface area contributed by atoms with Crippen LogP contribution in [0.15, 0.2) is 28.8 Å². The number of halogens is 1. The van der Waals surface area contributed by atoms with Gasteiger partial charge in [-0.15, -0.1) is 11.3 Å². The van der Waals surface area contributed by atoms with Crippen molar-refractivity contribution >= 4 is 34.8 Å². The second kappa shape index (κ2) is 5.33. The van der Waals surface area contributed by atoms with Gasteiger partial charge in [-0.1, -0.05) is 11.6 Å². The number of guanidine groups is 1. The van der Waals surface area contributed by atoms with Crippen LogP contribution >= 0.6 is 22.9 Å².